The number of hydrogen-bond acceptors (Lipinski definition) is 2. The zero-order valence-electron chi connectivity index (χ0n) is 14.6. The molecule has 0 atom stereocenters. The van der Waals surface area contributed by atoms with Crippen LogP contribution >= 0.6 is 23.2 Å². The first kappa shape index (κ1) is 19.5. The molecule has 0 radical (unpaired) electrons. The molecule has 3 amide bonds. The second-order valence-electron chi connectivity index (χ2n) is 6.30. The Labute approximate surface area is 166 Å². The normalized spacial score (nSPS) is 14.2. The van der Waals surface area contributed by atoms with Crippen LogP contribution in [0.25, 0.3) is 0 Å². The lowest BCUT2D eigenvalue weighted by Crippen LogP contribution is -2.51. The molecule has 0 unspecified atom stereocenters. The highest BCUT2D eigenvalue weighted by atomic mass is 35.5. The molecule has 8 heteroatoms. The van der Waals surface area contributed by atoms with Crippen LogP contribution in [-0.4, -0.2) is 47.9 Å². The van der Waals surface area contributed by atoms with Crippen molar-refractivity contribution in [3.05, 3.63) is 63.4 Å². The number of halogens is 3. The van der Waals surface area contributed by atoms with Crippen LogP contribution in [0.15, 0.2) is 36.4 Å². The van der Waals surface area contributed by atoms with Gasteiger partial charge in [-0.05, 0) is 42.8 Å². The van der Waals surface area contributed by atoms with Gasteiger partial charge >= 0.3 is 6.03 Å². The molecule has 1 fully saturated rings. The summed E-state index contributed by atoms with van der Waals surface area (Å²) in [5, 5.41) is 3.53. The van der Waals surface area contributed by atoms with Crippen molar-refractivity contribution in [2.45, 2.75) is 6.92 Å². The van der Waals surface area contributed by atoms with Crippen LogP contribution in [0.4, 0.5) is 14.9 Å². The second kappa shape index (κ2) is 8.15. The number of amides is 3. The lowest BCUT2D eigenvalue weighted by atomic mass is 10.1. The summed E-state index contributed by atoms with van der Waals surface area (Å²) < 4.78 is 13.7. The minimum absolute atomic E-state index is 0.238. The third-order valence-electron chi connectivity index (χ3n) is 4.44. The van der Waals surface area contributed by atoms with Gasteiger partial charge in [-0.2, -0.15) is 0 Å². The van der Waals surface area contributed by atoms with E-state index in [1.165, 1.54) is 6.07 Å². The zero-order chi connectivity index (χ0) is 19.6. The fourth-order valence-corrected chi connectivity index (χ4v) is 3.10. The minimum Gasteiger partial charge on any atom is -0.335 e. The quantitative estimate of drug-likeness (QED) is 0.797. The summed E-state index contributed by atoms with van der Waals surface area (Å²) >= 11 is 11.8. The Morgan fingerprint density at radius 1 is 0.963 bits per heavy atom. The van der Waals surface area contributed by atoms with Crippen LogP contribution in [0, 0.1) is 12.7 Å². The predicted octanol–water partition coefficient (Wildman–Crippen LogP) is 4.43. The fourth-order valence-electron chi connectivity index (χ4n) is 2.80. The number of aryl methyl sites for hydroxylation is 1. The topological polar surface area (TPSA) is 52.7 Å². The van der Waals surface area contributed by atoms with Gasteiger partial charge in [0, 0.05) is 37.4 Å². The molecule has 0 bridgehead atoms. The molecular formula is C19H18Cl2FN3O2. The van der Waals surface area contributed by atoms with Crippen molar-refractivity contribution in [3.8, 4) is 0 Å². The molecule has 142 valence electrons. The van der Waals surface area contributed by atoms with Gasteiger partial charge in [0.15, 0.2) is 0 Å². The van der Waals surface area contributed by atoms with Gasteiger partial charge in [-0.15, -0.1) is 0 Å². The van der Waals surface area contributed by atoms with E-state index in [4.69, 9.17) is 23.2 Å². The molecule has 1 heterocycles. The standard InChI is InChI=1S/C19H18Cl2FN3O2/c1-12-2-3-13(10-17(12)22)18(26)24-6-8-25(9-7-24)19(27)23-14-4-5-15(20)16(21)11-14/h2-5,10-11H,6-9H2,1H3,(H,23,27). The molecule has 0 aliphatic carbocycles. The summed E-state index contributed by atoms with van der Waals surface area (Å²) in [5.41, 5.74) is 1.35. The number of anilines is 1. The van der Waals surface area contributed by atoms with Crippen LogP contribution in [0.3, 0.4) is 0 Å². The van der Waals surface area contributed by atoms with E-state index < -0.39 is 5.82 Å². The van der Waals surface area contributed by atoms with Crippen molar-refractivity contribution in [2.75, 3.05) is 31.5 Å². The molecular weight excluding hydrogens is 392 g/mol. The highest BCUT2D eigenvalue weighted by Crippen LogP contribution is 2.25. The first-order valence-electron chi connectivity index (χ1n) is 8.41. The lowest BCUT2D eigenvalue weighted by Gasteiger charge is -2.34. The minimum atomic E-state index is -0.402. The predicted molar refractivity (Wildman–Crippen MR) is 104 cm³/mol. The molecule has 1 aliphatic heterocycles. The maximum atomic E-state index is 13.7. The van der Waals surface area contributed by atoms with E-state index in [0.717, 1.165) is 0 Å². The monoisotopic (exact) mass is 409 g/mol. The molecule has 0 saturated carbocycles. The maximum absolute atomic E-state index is 13.7. The van der Waals surface area contributed by atoms with Gasteiger partial charge in [0.1, 0.15) is 5.82 Å². The number of carbonyl (C=O) groups excluding carboxylic acids is 2. The van der Waals surface area contributed by atoms with Crippen molar-refractivity contribution < 1.29 is 14.0 Å². The Balaban J connectivity index is 1.57. The van der Waals surface area contributed by atoms with Crippen LogP contribution in [0.1, 0.15) is 15.9 Å². The van der Waals surface area contributed by atoms with Crippen molar-refractivity contribution >= 4 is 40.8 Å². The smallest absolute Gasteiger partial charge is 0.321 e. The summed E-state index contributed by atoms with van der Waals surface area (Å²) in [5.74, 6) is -0.640. The Bertz CT molecular complexity index is 883. The van der Waals surface area contributed by atoms with Gasteiger partial charge in [-0.1, -0.05) is 29.3 Å². The lowest BCUT2D eigenvalue weighted by molar-refractivity contribution is 0.0671. The number of carbonyl (C=O) groups is 2. The summed E-state index contributed by atoms with van der Waals surface area (Å²) in [6.45, 7) is 3.17. The summed E-state index contributed by atoms with van der Waals surface area (Å²) in [4.78, 5) is 28.1. The largest absolute Gasteiger partial charge is 0.335 e. The molecule has 27 heavy (non-hydrogen) atoms. The number of piperazine rings is 1. The average Bonchev–Trinajstić information content (AvgIpc) is 2.66. The van der Waals surface area contributed by atoms with E-state index in [0.29, 0.717) is 53.0 Å². The Morgan fingerprint density at radius 2 is 1.63 bits per heavy atom. The summed E-state index contributed by atoms with van der Waals surface area (Å²) in [6.07, 6.45) is 0. The zero-order valence-corrected chi connectivity index (χ0v) is 16.1. The number of nitrogens with zero attached hydrogens (tertiary/aromatic N) is 2. The molecule has 3 rings (SSSR count). The Kier molecular flexibility index (Phi) is 5.87. The molecule has 1 N–H and O–H groups in total. The Morgan fingerprint density at radius 3 is 2.26 bits per heavy atom. The van der Waals surface area contributed by atoms with Crippen molar-refractivity contribution in [1.82, 2.24) is 9.80 Å². The second-order valence-corrected chi connectivity index (χ2v) is 7.12. The molecule has 1 aliphatic rings. The third kappa shape index (κ3) is 4.51. The van der Waals surface area contributed by atoms with E-state index in [9.17, 15) is 14.0 Å². The van der Waals surface area contributed by atoms with E-state index in [2.05, 4.69) is 5.32 Å². The van der Waals surface area contributed by atoms with Crippen molar-refractivity contribution in [1.29, 1.82) is 0 Å². The highest BCUT2D eigenvalue weighted by molar-refractivity contribution is 6.42. The summed E-state index contributed by atoms with van der Waals surface area (Å²) in [6, 6.07) is 9.03. The van der Waals surface area contributed by atoms with Gasteiger partial charge in [0.2, 0.25) is 0 Å². The van der Waals surface area contributed by atoms with Crippen LogP contribution in [0.2, 0.25) is 10.0 Å². The van der Waals surface area contributed by atoms with Crippen LogP contribution < -0.4 is 5.32 Å². The van der Waals surface area contributed by atoms with E-state index >= 15 is 0 Å². The van der Waals surface area contributed by atoms with E-state index in [1.54, 1.807) is 47.1 Å². The first-order valence-corrected chi connectivity index (χ1v) is 9.17. The number of urea groups is 1. The average molecular weight is 410 g/mol. The fraction of sp³-hybridized carbons (Fsp3) is 0.263. The number of nitrogens with one attached hydrogen (secondary N) is 1. The third-order valence-corrected chi connectivity index (χ3v) is 5.18. The van der Waals surface area contributed by atoms with Gasteiger partial charge in [-0.3, -0.25) is 4.79 Å². The van der Waals surface area contributed by atoms with Crippen LogP contribution in [0.5, 0.6) is 0 Å². The SMILES string of the molecule is Cc1ccc(C(=O)N2CCN(C(=O)Nc3ccc(Cl)c(Cl)c3)CC2)cc1F. The van der Waals surface area contributed by atoms with E-state index in [-0.39, 0.29) is 11.9 Å². The molecule has 5 nitrogen and oxygen atoms in total. The number of hydrogen-bond donors (Lipinski definition) is 1. The summed E-state index contributed by atoms with van der Waals surface area (Å²) in [7, 11) is 0. The molecule has 2 aromatic rings. The van der Waals surface area contributed by atoms with Gasteiger partial charge in [0.05, 0.1) is 10.0 Å². The van der Waals surface area contributed by atoms with Crippen molar-refractivity contribution in [2.24, 2.45) is 0 Å². The number of rotatable bonds is 2. The van der Waals surface area contributed by atoms with Gasteiger partial charge < -0.3 is 15.1 Å². The molecule has 0 aromatic heterocycles. The molecule has 1 saturated heterocycles. The maximum Gasteiger partial charge on any atom is 0.321 e. The van der Waals surface area contributed by atoms with Gasteiger partial charge in [0.25, 0.3) is 5.91 Å². The first-order chi connectivity index (χ1) is 12.8. The van der Waals surface area contributed by atoms with Crippen molar-refractivity contribution in [3.63, 3.8) is 0 Å². The van der Waals surface area contributed by atoms with E-state index in [1.807, 2.05) is 0 Å². The van der Waals surface area contributed by atoms with Crippen LogP contribution in [-0.2, 0) is 0 Å². The molecule has 0 spiro atoms. The molecule has 2 aromatic carbocycles. The highest BCUT2D eigenvalue weighted by Gasteiger charge is 2.25. The Hall–Kier alpha value is -2.31. The number of benzene rings is 2. The van der Waals surface area contributed by atoms with Gasteiger partial charge in [-0.25, -0.2) is 9.18 Å².